The molecule has 17 heavy (non-hydrogen) atoms. The molecule has 2 aliphatic rings. The van der Waals surface area contributed by atoms with Gasteiger partial charge in [-0.05, 0) is 44.1 Å². The van der Waals surface area contributed by atoms with Crippen molar-refractivity contribution in [3.05, 3.63) is 35.4 Å². The fourth-order valence-electron chi connectivity index (χ4n) is 3.39. The van der Waals surface area contributed by atoms with Gasteiger partial charge in [0, 0.05) is 12.1 Å². The van der Waals surface area contributed by atoms with Gasteiger partial charge in [-0.1, -0.05) is 42.7 Å². The fourth-order valence-corrected chi connectivity index (χ4v) is 3.39. The Morgan fingerprint density at radius 3 is 2.71 bits per heavy atom. The average Bonchev–Trinajstić information content (AvgIpc) is 3.10. The van der Waals surface area contributed by atoms with E-state index in [4.69, 9.17) is 0 Å². The molecule has 3 rings (SSSR count). The van der Waals surface area contributed by atoms with Gasteiger partial charge in [0.1, 0.15) is 0 Å². The maximum atomic E-state index is 3.85. The van der Waals surface area contributed by atoms with Crippen LogP contribution in [0.5, 0.6) is 0 Å². The van der Waals surface area contributed by atoms with Crippen LogP contribution in [0.2, 0.25) is 0 Å². The molecule has 1 nitrogen and oxygen atoms in total. The fraction of sp³-hybridized carbons (Fsp3) is 0.625. The highest BCUT2D eigenvalue weighted by molar-refractivity contribution is 5.24. The highest BCUT2D eigenvalue weighted by atomic mass is 15.0. The Morgan fingerprint density at radius 1 is 1.18 bits per heavy atom. The number of hydrogen-bond donors (Lipinski definition) is 1. The summed E-state index contributed by atoms with van der Waals surface area (Å²) in [5.74, 6) is 2.06. The molecule has 92 valence electrons. The van der Waals surface area contributed by atoms with Gasteiger partial charge in [-0.2, -0.15) is 0 Å². The third-order valence-electron chi connectivity index (χ3n) is 4.63. The highest BCUT2D eigenvalue weighted by Crippen LogP contribution is 2.49. The van der Waals surface area contributed by atoms with Gasteiger partial charge >= 0.3 is 0 Å². The molecule has 0 heterocycles. The minimum atomic E-state index is 0.500. The zero-order valence-corrected chi connectivity index (χ0v) is 10.9. The average molecular weight is 229 g/mol. The van der Waals surface area contributed by atoms with Crippen LogP contribution in [0.3, 0.4) is 0 Å². The summed E-state index contributed by atoms with van der Waals surface area (Å²) in [7, 11) is 0. The second kappa shape index (κ2) is 4.45. The van der Waals surface area contributed by atoms with Crippen molar-refractivity contribution in [3.8, 4) is 0 Å². The summed E-state index contributed by atoms with van der Waals surface area (Å²) in [4.78, 5) is 0. The highest BCUT2D eigenvalue weighted by Gasteiger charge is 2.45. The SMILES string of the molecule is Cc1ccc([C@@H](C)NC2CCCC3CC32)cc1. The molecule has 0 amide bonds. The van der Waals surface area contributed by atoms with E-state index in [2.05, 4.69) is 43.4 Å². The van der Waals surface area contributed by atoms with E-state index in [1.807, 2.05) is 0 Å². The van der Waals surface area contributed by atoms with Crippen molar-refractivity contribution >= 4 is 0 Å². The van der Waals surface area contributed by atoms with Gasteiger partial charge in [-0.3, -0.25) is 0 Å². The standard InChI is InChI=1S/C16H23N/c1-11-6-8-13(9-7-11)12(2)17-16-5-3-4-14-10-15(14)16/h6-9,12,14-17H,3-5,10H2,1-2H3/t12-,14?,15?,16?/m1/s1. The zero-order valence-electron chi connectivity index (χ0n) is 10.9. The van der Waals surface area contributed by atoms with Crippen LogP contribution < -0.4 is 5.32 Å². The maximum absolute atomic E-state index is 3.85. The van der Waals surface area contributed by atoms with E-state index in [1.54, 1.807) is 0 Å². The summed E-state index contributed by atoms with van der Waals surface area (Å²) in [6, 6.07) is 10.2. The minimum absolute atomic E-state index is 0.500. The summed E-state index contributed by atoms with van der Waals surface area (Å²) >= 11 is 0. The van der Waals surface area contributed by atoms with Crippen LogP contribution in [-0.4, -0.2) is 6.04 Å². The number of fused-ring (bicyclic) bond motifs is 1. The van der Waals surface area contributed by atoms with E-state index >= 15 is 0 Å². The van der Waals surface area contributed by atoms with Gasteiger partial charge < -0.3 is 5.32 Å². The zero-order chi connectivity index (χ0) is 11.8. The van der Waals surface area contributed by atoms with E-state index in [0.717, 1.165) is 17.9 Å². The molecule has 0 saturated heterocycles. The van der Waals surface area contributed by atoms with Gasteiger partial charge in [-0.15, -0.1) is 0 Å². The lowest BCUT2D eigenvalue weighted by atomic mass is 9.94. The van der Waals surface area contributed by atoms with E-state index < -0.39 is 0 Å². The lowest BCUT2D eigenvalue weighted by molar-refractivity contribution is 0.329. The third-order valence-corrected chi connectivity index (χ3v) is 4.63. The third kappa shape index (κ3) is 2.40. The largest absolute Gasteiger partial charge is 0.307 e. The summed E-state index contributed by atoms with van der Waals surface area (Å²) in [5.41, 5.74) is 2.78. The molecule has 0 aliphatic heterocycles. The van der Waals surface area contributed by atoms with Crippen molar-refractivity contribution in [1.29, 1.82) is 0 Å². The number of benzene rings is 1. The van der Waals surface area contributed by atoms with Crippen LogP contribution in [0, 0.1) is 18.8 Å². The molecular weight excluding hydrogens is 206 g/mol. The van der Waals surface area contributed by atoms with Crippen molar-refractivity contribution in [1.82, 2.24) is 5.32 Å². The summed E-state index contributed by atoms with van der Waals surface area (Å²) in [5, 5.41) is 3.85. The molecule has 4 atom stereocenters. The first-order valence-electron chi connectivity index (χ1n) is 7.06. The molecule has 1 heteroatoms. The lowest BCUT2D eigenvalue weighted by Gasteiger charge is -2.27. The Kier molecular flexibility index (Phi) is 2.96. The van der Waals surface area contributed by atoms with Crippen molar-refractivity contribution in [2.24, 2.45) is 11.8 Å². The molecule has 0 radical (unpaired) electrons. The van der Waals surface area contributed by atoms with Crippen molar-refractivity contribution < 1.29 is 0 Å². The molecule has 2 aliphatic carbocycles. The Hall–Kier alpha value is -0.820. The molecule has 2 fully saturated rings. The van der Waals surface area contributed by atoms with Crippen molar-refractivity contribution in [2.45, 2.75) is 51.6 Å². The normalized spacial score (nSPS) is 32.9. The van der Waals surface area contributed by atoms with Crippen LogP contribution in [-0.2, 0) is 0 Å². The van der Waals surface area contributed by atoms with Crippen LogP contribution in [0.15, 0.2) is 24.3 Å². The minimum Gasteiger partial charge on any atom is -0.307 e. The van der Waals surface area contributed by atoms with Gasteiger partial charge in [0.2, 0.25) is 0 Å². The second-order valence-electron chi connectivity index (χ2n) is 6.00. The number of rotatable bonds is 3. The molecule has 3 unspecified atom stereocenters. The molecule has 1 N–H and O–H groups in total. The molecule has 2 saturated carbocycles. The topological polar surface area (TPSA) is 12.0 Å². The first-order chi connectivity index (χ1) is 8.24. The van der Waals surface area contributed by atoms with Crippen molar-refractivity contribution in [2.75, 3.05) is 0 Å². The Labute approximate surface area is 105 Å². The number of nitrogens with one attached hydrogen (secondary N) is 1. The van der Waals surface area contributed by atoms with Gasteiger partial charge in [-0.25, -0.2) is 0 Å². The molecule has 0 bridgehead atoms. The monoisotopic (exact) mass is 229 g/mol. The second-order valence-corrected chi connectivity index (χ2v) is 6.00. The lowest BCUT2D eigenvalue weighted by Crippen LogP contribution is -2.35. The Balaban J connectivity index is 1.62. The van der Waals surface area contributed by atoms with Crippen LogP contribution in [0.1, 0.15) is 49.8 Å². The van der Waals surface area contributed by atoms with Gasteiger partial charge in [0.25, 0.3) is 0 Å². The Morgan fingerprint density at radius 2 is 1.94 bits per heavy atom. The van der Waals surface area contributed by atoms with Crippen LogP contribution in [0.4, 0.5) is 0 Å². The molecule has 0 aromatic heterocycles. The number of hydrogen-bond acceptors (Lipinski definition) is 1. The van der Waals surface area contributed by atoms with Gasteiger partial charge in [0.15, 0.2) is 0 Å². The number of aryl methyl sites for hydroxylation is 1. The molecule has 1 aromatic carbocycles. The summed E-state index contributed by atoms with van der Waals surface area (Å²) < 4.78 is 0. The maximum Gasteiger partial charge on any atom is 0.0294 e. The molecule has 1 aromatic rings. The Bertz CT molecular complexity index is 381. The summed E-state index contributed by atoms with van der Waals surface area (Å²) in [6.07, 6.45) is 5.79. The van der Waals surface area contributed by atoms with E-state index in [-0.39, 0.29) is 0 Å². The quantitative estimate of drug-likeness (QED) is 0.830. The predicted octanol–water partition coefficient (Wildman–Crippen LogP) is 3.83. The predicted molar refractivity (Wildman–Crippen MR) is 72.0 cm³/mol. The van der Waals surface area contributed by atoms with Crippen LogP contribution in [0.25, 0.3) is 0 Å². The first kappa shape index (κ1) is 11.3. The summed E-state index contributed by atoms with van der Waals surface area (Å²) in [6.45, 7) is 4.45. The van der Waals surface area contributed by atoms with Gasteiger partial charge in [0.05, 0.1) is 0 Å². The molecule has 0 spiro atoms. The van der Waals surface area contributed by atoms with Crippen molar-refractivity contribution in [3.63, 3.8) is 0 Å². The van der Waals surface area contributed by atoms with E-state index in [9.17, 15) is 0 Å². The van der Waals surface area contributed by atoms with Crippen LogP contribution >= 0.6 is 0 Å². The van der Waals surface area contributed by atoms with E-state index in [1.165, 1.54) is 36.8 Å². The molecular formula is C16H23N. The first-order valence-corrected chi connectivity index (χ1v) is 7.06. The smallest absolute Gasteiger partial charge is 0.0294 e. The van der Waals surface area contributed by atoms with E-state index in [0.29, 0.717) is 6.04 Å².